The van der Waals surface area contributed by atoms with Gasteiger partial charge in [-0.3, -0.25) is 4.57 Å². The van der Waals surface area contributed by atoms with Crippen LogP contribution in [-0.2, 0) is 4.57 Å². The number of rotatable bonds is 2. The third-order valence-electron chi connectivity index (χ3n) is 2.05. The molecule has 0 spiro atoms. The van der Waals surface area contributed by atoms with Crippen LogP contribution < -0.4 is 0 Å². The summed E-state index contributed by atoms with van der Waals surface area (Å²) in [5.74, 6) is -2.46. The molecule has 2 N–H and O–H groups in total. The first-order valence-electron chi connectivity index (χ1n) is 5.39. The minimum Gasteiger partial charge on any atom is -0.478 e. The van der Waals surface area contributed by atoms with E-state index < -0.39 is 11.9 Å². The lowest BCUT2D eigenvalue weighted by molar-refractivity contribution is 0.0651. The van der Waals surface area contributed by atoms with E-state index in [2.05, 4.69) is 0 Å². The van der Waals surface area contributed by atoms with Crippen LogP contribution in [0.3, 0.4) is 0 Å². The van der Waals surface area contributed by atoms with Crippen molar-refractivity contribution in [2.75, 3.05) is 0 Å². The first-order chi connectivity index (χ1) is 9.63. The molecule has 20 heavy (non-hydrogen) atoms. The molecular formula is C14H13O5P. The number of carbonyl (C=O) groups is 2. The third kappa shape index (κ3) is 6.42. The van der Waals surface area contributed by atoms with Crippen LogP contribution in [0.15, 0.2) is 60.7 Å². The average Bonchev–Trinajstić information content (AvgIpc) is 2.51. The van der Waals surface area contributed by atoms with E-state index in [9.17, 15) is 9.59 Å². The van der Waals surface area contributed by atoms with Gasteiger partial charge in [-0.1, -0.05) is 48.5 Å². The quantitative estimate of drug-likeness (QED) is 0.829. The molecule has 104 valence electrons. The van der Waals surface area contributed by atoms with Crippen molar-refractivity contribution >= 4 is 21.1 Å². The number of carboxylic acids is 2. The van der Waals surface area contributed by atoms with Crippen LogP contribution in [0.1, 0.15) is 20.7 Å². The Labute approximate surface area is 118 Å². The maximum Gasteiger partial charge on any atom is 0.336 e. The lowest BCUT2D eigenvalue weighted by Gasteiger charge is -1.98. The Morgan fingerprint density at radius 3 is 1.10 bits per heavy atom. The van der Waals surface area contributed by atoms with Crippen molar-refractivity contribution in [1.29, 1.82) is 0 Å². The van der Waals surface area contributed by atoms with Crippen LogP contribution in [0.25, 0.3) is 0 Å². The number of carboxylic acid groups (broad SMARTS) is 2. The van der Waals surface area contributed by atoms with Crippen molar-refractivity contribution in [1.82, 2.24) is 0 Å². The predicted molar refractivity (Wildman–Crippen MR) is 75.8 cm³/mol. The minimum atomic E-state index is -1.23. The van der Waals surface area contributed by atoms with Crippen molar-refractivity contribution in [2.45, 2.75) is 0 Å². The first kappa shape index (κ1) is 17.5. The molecule has 0 amide bonds. The Kier molecular flexibility index (Phi) is 9.10. The molecule has 2 aromatic rings. The van der Waals surface area contributed by atoms with Gasteiger partial charge in [-0.2, -0.15) is 0 Å². The Morgan fingerprint density at radius 1 is 0.650 bits per heavy atom. The minimum absolute atomic E-state index is 0.190. The maximum atomic E-state index is 10.5. The van der Waals surface area contributed by atoms with Crippen LogP contribution in [0.5, 0.6) is 0 Å². The third-order valence-corrected chi connectivity index (χ3v) is 2.05. The van der Waals surface area contributed by atoms with E-state index in [1.165, 1.54) is 24.3 Å². The molecule has 0 aliphatic carbocycles. The Balaban J connectivity index is 0.000000377. The van der Waals surface area contributed by atoms with Gasteiger partial charge in [0.15, 0.2) is 0 Å². The normalized spacial score (nSPS) is 8.20. The zero-order valence-corrected chi connectivity index (χ0v) is 11.4. The maximum absolute atomic E-state index is 10.5. The summed E-state index contributed by atoms with van der Waals surface area (Å²) in [6.07, 6.45) is 0. The van der Waals surface area contributed by atoms with Crippen molar-refractivity contribution in [3.05, 3.63) is 71.8 Å². The average molecular weight is 292 g/mol. The van der Waals surface area contributed by atoms with E-state index >= 15 is 0 Å². The summed E-state index contributed by atoms with van der Waals surface area (Å²) < 4.78 is 8.06. The second-order valence-electron chi connectivity index (χ2n) is 3.31. The summed E-state index contributed by atoms with van der Waals surface area (Å²) in [6, 6.07) is 17.5. The Hall–Kier alpha value is -2.52. The molecule has 2 rings (SSSR count). The zero-order chi connectivity index (χ0) is 15.4. The highest BCUT2D eigenvalue weighted by Crippen LogP contribution is 2.07. The number of benzene rings is 2. The highest BCUT2D eigenvalue weighted by molar-refractivity contribution is 7.00. The van der Waals surface area contributed by atoms with Gasteiger partial charge in [-0.25, -0.2) is 9.59 Å². The van der Waals surface area contributed by atoms with E-state index in [0.29, 0.717) is 0 Å². The molecule has 0 atom stereocenters. The van der Waals surface area contributed by atoms with Gasteiger partial charge in [0.25, 0.3) is 0 Å². The predicted octanol–water partition coefficient (Wildman–Crippen LogP) is 3.24. The smallest absolute Gasteiger partial charge is 0.336 e. The summed E-state index contributed by atoms with van der Waals surface area (Å²) in [6.45, 7) is 0. The number of hydrogen-bond acceptors (Lipinski definition) is 3. The van der Waals surface area contributed by atoms with E-state index in [0.717, 1.165) is 0 Å². The largest absolute Gasteiger partial charge is 0.478 e. The molecule has 0 saturated heterocycles. The lowest BCUT2D eigenvalue weighted by atomic mass is 10.1. The van der Waals surface area contributed by atoms with E-state index in [1.54, 1.807) is 9.12 Å². The van der Waals surface area contributed by atoms with Crippen molar-refractivity contribution in [3.8, 4) is 0 Å². The van der Waals surface area contributed by atoms with E-state index in [-0.39, 0.29) is 11.1 Å². The van der Waals surface area contributed by atoms with Crippen LogP contribution in [0.4, 0.5) is 0 Å². The summed E-state index contributed by atoms with van der Waals surface area (Å²) in [4.78, 5) is 20.9. The standard InChI is InChI=1S/C8H6O4.C6H6.HOP/c9-7(10)5-3-1-2-4-6(5)8(11)12;1-2-4-6-5-3-1;1-2/h1-4H,(H,9,10)(H,11,12);1-6H;2H. The SMILES string of the molecule is O=C(O)c1ccccc1C(=O)O.O=P.c1ccccc1. The Bertz CT molecular complexity index is 483. The van der Waals surface area contributed by atoms with Gasteiger partial charge in [0, 0.05) is 0 Å². The molecule has 0 aliphatic heterocycles. The highest BCUT2D eigenvalue weighted by Gasteiger charge is 2.13. The first-order valence-corrected chi connectivity index (χ1v) is 5.80. The molecule has 0 fully saturated rings. The second kappa shape index (κ2) is 10.4. The zero-order valence-electron chi connectivity index (χ0n) is 10.4. The lowest BCUT2D eigenvalue weighted by Crippen LogP contribution is -2.06. The van der Waals surface area contributed by atoms with Gasteiger partial charge in [-0.15, -0.1) is 0 Å². The molecule has 6 heteroatoms. The topological polar surface area (TPSA) is 91.7 Å². The second-order valence-corrected chi connectivity index (χ2v) is 3.31. The Morgan fingerprint density at radius 2 is 0.900 bits per heavy atom. The molecule has 0 radical (unpaired) electrons. The molecular weight excluding hydrogens is 279 g/mol. The van der Waals surface area contributed by atoms with Crippen LogP contribution >= 0.6 is 9.12 Å². The van der Waals surface area contributed by atoms with Crippen molar-refractivity contribution in [3.63, 3.8) is 0 Å². The summed E-state index contributed by atoms with van der Waals surface area (Å²) in [5, 5.41) is 17.1. The molecule has 0 heterocycles. The fourth-order valence-corrected chi connectivity index (χ4v) is 1.24. The van der Waals surface area contributed by atoms with Gasteiger partial charge in [-0.05, 0) is 12.1 Å². The highest BCUT2D eigenvalue weighted by atomic mass is 31.0. The van der Waals surface area contributed by atoms with Gasteiger partial charge in [0.1, 0.15) is 9.12 Å². The number of aromatic carboxylic acids is 2. The number of hydrogen-bond donors (Lipinski definition) is 2. The molecule has 5 nitrogen and oxygen atoms in total. The monoisotopic (exact) mass is 292 g/mol. The molecule has 0 unspecified atom stereocenters. The molecule has 2 aromatic carbocycles. The molecule has 0 aromatic heterocycles. The van der Waals surface area contributed by atoms with E-state index in [4.69, 9.17) is 14.8 Å². The van der Waals surface area contributed by atoms with Crippen molar-refractivity contribution < 1.29 is 24.4 Å². The van der Waals surface area contributed by atoms with Crippen molar-refractivity contribution in [2.24, 2.45) is 0 Å². The summed E-state index contributed by atoms with van der Waals surface area (Å²) in [7, 11) is 1.72. The molecule has 0 aliphatic rings. The fourth-order valence-electron chi connectivity index (χ4n) is 1.24. The van der Waals surface area contributed by atoms with Gasteiger partial charge in [0.05, 0.1) is 11.1 Å². The van der Waals surface area contributed by atoms with Gasteiger partial charge < -0.3 is 10.2 Å². The molecule has 0 bridgehead atoms. The van der Waals surface area contributed by atoms with Crippen LogP contribution in [0.2, 0.25) is 0 Å². The van der Waals surface area contributed by atoms with Crippen LogP contribution in [0, 0.1) is 0 Å². The summed E-state index contributed by atoms with van der Waals surface area (Å²) >= 11 is 0. The van der Waals surface area contributed by atoms with Gasteiger partial charge >= 0.3 is 11.9 Å². The van der Waals surface area contributed by atoms with E-state index in [1.807, 2.05) is 36.4 Å². The summed E-state index contributed by atoms with van der Waals surface area (Å²) in [5.41, 5.74) is -0.380. The van der Waals surface area contributed by atoms with Gasteiger partial charge in [0.2, 0.25) is 0 Å². The van der Waals surface area contributed by atoms with Crippen LogP contribution in [-0.4, -0.2) is 22.2 Å². The fraction of sp³-hybridized carbons (Fsp3) is 0. The molecule has 0 saturated carbocycles.